The zero-order chi connectivity index (χ0) is 10.5. The summed E-state index contributed by atoms with van der Waals surface area (Å²) in [5.41, 5.74) is 3.10. The molecule has 0 saturated carbocycles. The van der Waals surface area contributed by atoms with Gasteiger partial charge in [0.2, 0.25) is 0 Å². The molecule has 1 atom stereocenters. The molecule has 0 bridgehead atoms. The highest BCUT2D eigenvalue weighted by Gasteiger charge is 2.38. The lowest BCUT2D eigenvalue weighted by Crippen LogP contribution is -2.12. The van der Waals surface area contributed by atoms with Crippen LogP contribution in [-0.4, -0.2) is 0 Å². The van der Waals surface area contributed by atoms with Crippen molar-refractivity contribution in [3.05, 3.63) is 32.2 Å². The molecule has 0 saturated heterocycles. The highest BCUT2D eigenvalue weighted by molar-refractivity contribution is 9.11. The molecule has 0 aromatic heterocycles. The van der Waals surface area contributed by atoms with Gasteiger partial charge in [0.1, 0.15) is 0 Å². The molecule has 1 aromatic carbocycles. The molecule has 1 unspecified atom stereocenters. The topological polar surface area (TPSA) is 0 Å². The van der Waals surface area contributed by atoms with E-state index in [-0.39, 0.29) is 5.41 Å². The molecule has 0 amide bonds. The van der Waals surface area contributed by atoms with Gasteiger partial charge in [-0.05, 0) is 35.1 Å². The van der Waals surface area contributed by atoms with Crippen molar-refractivity contribution in [1.82, 2.24) is 0 Å². The maximum absolute atomic E-state index is 3.75. The predicted octanol–water partition coefficient (Wildman–Crippen LogP) is 5.33. The van der Waals surface area contributed by atoms with Crippen LogP contribution in [0.2, 0.25) is 0 Å². The third kappa shape index (κ3) is 1.61. The van der Waals surface area contributed by atoms with Crippen molar-refractivity contribution in [2.45, 2.75) is 30.5 Å². The molecule has 1 aliphatic rings. The van der Waals surface area contributed by atoms with Gasteiger partial charge < -0.3 is 0 Å². The monoisotopic (exact) mass is 380 g/mol. The van der Waals surface area contributed by atoms with Crippen LogP contribution in [0.3, 0.4) is 0 Å². The van der Waals surface area contributed by atoms with E-state index >= 15 is 0 Å². The highest BCUT2D eigenvalue weighted by atomic mass is 79.9. The van der Waals surface area contributed by atoms with E-state index in [1.165, 1.54) is 20.1 Å². The summed E-state index contributed by atoms with van der Waals surface area (Å²) in [5.74, 6) is 0. The van der Waals surface area contributed by atoms with Crippen molar-refractivity contribution < 1.29 is 0 Å². The summed E-state index contributed by atoms with van der Waals surface area (Å²) in [7, 11) is 0. The third-order valence-electron chi connectivity index (χ3n) is 2.82. The van der Waals surface area contributed by atoms with Gasteiger partial charge in [0.05, 0.1) is 0 Å². The Bertz CT molecular complexity index is 382. The fourth-order valence-electron chi connectivity index (χ4n) is 2.21. The minimum absolute atomic E-state index is 0.256. The fraction of sp³-hybridized carbons (Fsp3) is 0.455. The van der Waals surface area contributed by atoms with E-state index in [4.69, 9.17) is 0 Å². The zero-order valence-electron chi connectivity index (χ0n) is 8.07. The lowest BCUT2D eigenvalue weighted by molar-refractivity contribution is 0.519. The lowest BCUT2D eigenvalue weighted by Gasteiger charge is -2.20. The lowest BCUT2D eigenvalue weighted by atomic mass is 9.87. The van der Waals surface area contributed by atoms with Crippen LogP contribution in [-0.2, 0) is 5.41 Å². The molecule has 0 N–H and O–H groups in total. The highest BCUT2D eigenvalue weighted by Crippen LogP contribution is 2.53. The van der Waals surface area contributed by atoms with Gasteiger partial charge in [0.15, 0.2) is 0 Å². The summed E-state index contributed by atoms with van der Waals surface area (Å²) in [6.45, 7) is 4.59. The summed E-state index contributed by atoms with van der Waals surface area (Å²) in [5, 5.41) is 0. The van der Waals surface area contributed by atoms with Crippen LogP contribution in [0.4, 0.5) is 0 Å². The van der Waals surface area contributed by atoms with Crippen LogP contribution < -0.4 is 0 Å². The second kappa shape index (κ2) is 3.60. The molecule has 0 nitrogen and oxygen atoms in total. The van der Waals surface area contributed by atoms with Gasteiger partial charge in [0, 0.05) is 13.8 Å². The fourth-order valence-corrected chi connectivity index (χ4v) is 5.29. The number of hydrogen-bond acceptors (Lipinski definition) is 0. The maximum atomic E-state index is 3.75. The molecule has 2 rings (SSSR count). The van der Waals surface area contributed by atoms with E-state index in [1.54, 1.807) is 0 Å². The van der Waals surface area contributed by atoms with Gasteiger partial charge >= 0.3 is 0 Å². The minimum Gasteiger partial charge on any atom is -0.0838 e. The Balaban J connectivity index is 2.73. The molecular weight excluding hydrogens is 372 g/mol. The SMILES string of the molecule is CC1(C)CC(Br)c2c(Br)ccc(Br)c21. The Labute approximate surface area is 110 Å². The van der Waals surface area contributed by atoms with Crippen molar-refractivity contribution >= 4 is 47.8 Å². The number of alkyl halides is 1. The van der Waals surface area contributed by atoms with E-state index in [0.29, 0.717) is 4.83 Å². The van der Waals surface area contributed by atoms with Crippen LogP contribution in [0.1, 0.15) is 36.2 Å². The first-order valence-corrected chi connectivity index (χ1v) is 7.06. The molecule has 1 aliphatic carbocycles. The van der Waals surface area contributed by atoms with E-state index in [1.807, 2.05) is 0 Å². The molecular formula is C11H11Br3. The van der Waals surface area contributed by atoms with Crippen LogP contribution in [0.25, 0.3) is 0 Å². The standard InChI is InChI=1S/C11H11Br3/c1-11(2)5-8(14)9-6(12)3-4-7(13)10(9)11/h3-4,8H,5H2,1-2H3. The molecule has 0 fully saturated rings. The Morgan fingerprint density at radius 3 is 2.36 bits per heavy atom. The average molecular weight is 383 g/mol. The normalized spacial score (nSPS) is 23.6. The Morgan fingerprint density at radius 1 is 1.21 bits per heavy atom. The van der Waals surface area contributed by atoms with Crippen molar-refractivity contribution in [3.8, 4) is 0 Å². The summed E-state index contributed by atoms with van der Waals surface area (Å²) in [6.07, 6.45) is 1.16. The number of benzene rings is 1. The number of halogens is 3. The van der Waals surface area contributed by atoms with Gasteiger partial charge in [-0.2, -0.15) is 0 Å². The predicted molar refractivity (Wildman–Crippen MR) is 71.2 cm³/mol. The van der Waals surface area contributed by atoms with Crippen molar-refractivity contribution in [1.29, 1.82) is 0 Å². The van der Waals surface area contributed by atoms with Gasteiger partial charge in [-0.3, -0.25) is 0 Å². The number of rotatable bonds is 0. The molecule has 14 heavy (non-hydrogen) atoms. The van der Waals surface area contributed by atoms with E-state index < -0.39 is 0 Å². The molecule has 1 aromatic rings. The number of hydrogen-bond donors (Lipinski definition) is 0. The Morgan fingerprint density at radius 2 is 1.79 bits per heavy atom. The number of fused-ring (bicyclic) bond motifs is 1. The van der Waals surface area contributed by atoms with Crippen LogP contribution in [0.15, 0.2) is 21.1 Å². The van der Waals surface area contributed by atoms with Gasteiger partial charge in [-0.1, -0.05) is 61.6 Å². The van der Waals surface area contributed by atoms with Crippen LogP contribution in [0, 0.1) is 0 Å². The molecule has 0 radical (unpaired) electrons. The van der Waals surface area contributed by atoms with E-state index in [9.17, 15) is 0 Å². The van der Waals surface area contributed by atoms with E-state index in [0.717, 1.165) is 6.42 Å². The first kappa shape index (κ1) is 11.2. The quantitative estimate of drug-likeness (QED) is 0.532. The van der Waals surface area contributed by atoms with E-state index in [2.05, 4.69) is 73.8 Å². The summed E-state index contributed by atoms with van der Waals surface area (Å²) >= 11 is 11.0. The van der Waals surface area contributed by atoms with Crippen molar-refractivity contribution in [2.75, 3.05) is 0 Å². The van der Waals surface area contributed by atoms with Crippen molar-refractivity contribution in [3.63, 3.8) is 0 Å². The third-order valence-corrected chi connectivity index (χ3v) is 4.95. The summed E-state index contributed by atoms with van der Waals surface area (Å²) in [4.78, 5) is 0.472. The first-order valence-electron chi connectivity index (χ1n) is 4.56. The maximum Gasteiger partial charge on any atom is 0.0418 e. The largest absolute Gasteiger partial charge is 0.0838 e. The molecule has 0 heterocycles. The van der Waals surface area contributed by atoms with Crippen molar-refractivity contribution in [2.24, 2.45) is 0 Å². The average Bonchev–Trinajstić information content (AvgIpc) is 2.30. The smallest absolute Gasteiger partial charge is 0.0418 e. The first-order chi connectivity index (χ1) is 6.43. The second-order valence-corrected chi connectivity index (χ2v) is 7.19. The summed E-state index contributed by atoms with van der Waals surface area (Å²) < 4.78 is 2.44. The minimum atomic E-state index is 0.256. The van der Waals surface area contributed by atoms with Crippen LogP contribution in [0.5, 0.6) is 0 Å². The molecule has 3 heteroatoms. The summed E-state index contributed by atoms with van der Waals surface area (Å²) in [6, 6.07) is 4.23. The zero-order valence-corrected chi connectivity index (χ0v) is 12.8. The van der Waals surface area contributed by atoms with Gasteiger partial charge in [-0.15, -0.1) is 0 Å². The molecule has 0 spiro atoms. The van der Waals surface area contributed by atoms with Crippen LogP contribution >= 0.6 is 47.8 Å². The molecule has 76 valence electrons. The van der Waals surface area contributed by atoms with Gasteiger partial charge in [-0.25, -0.2) is 0 Å². The van der Waals surface area contributed by atoms with Gasteiger partial charge in [0.25, 0.3) is 0 Å². The molecule has 0 aliphatic heterocycles. The Kier molecular flexibility index (Phi) is 2.87. The Hall–Kier alpha value is 0.660. The second-order valence-electron chi connectivity index (χ2n) is 4.37.